The molecule has 7 nitrogen and oxygen atoms in total. The second-order valence-corrected chi connectivity index (χ2v) is 5.11. The van der Waals surface area contributed by atoms with Crippen molar-refractivity contribution >= 4 is 24.0 Å². The van der Waals surface area contributed by atoms with Gasteiger partial charge >= 0.3 is 0 Å². The molecule has 8 heteroatoms. The standard InChI is InChI=1S/C14H20N4O3.ClH/c1-11-10-12(2-3-13(11)18(20)21)14(19)16-6-9-17-7-4-15-5-8-17;/h2-3,10,15H,4-9H2,1H3,(H,16,19);1H. The van der Waals surface area contributed by atoms with Crippen molar-refractivity contribution in [3.8, 4) is 0 Å². The zero-order valence-electron chi connectivity index (χ0n) is 12.5. The fourth-order valence-corrected chi connectivity index (χ4v) is 2.37. The Morgan fingerprint density at radius 3 is 2.68 bits per heavy atom. The Morgan fingerprint density at radius 2 is 2.09 bits per heavy atom. The Hall–Kier alpha value is -1.70. The molecule has 1 amide bonds. The summed E-state index contributed by atoms with van der Waals surface area (Å²) < 4.78 is 0. The zero-order chi connectivity index (χ0) is 15.2. The molecule has 0 aliphatic carbocycles. The number of rotatable bonds is 5. The maximum absolute atomic E-state index is 12.0. The molecule has 1 saturated heterocycles. The summed E-state index contributed by atoms with van der Waals surface area (Å²) in [5, 5.41) is 16.9. The predicted octanol–water partition coefficient (Wildman–Crippen LogP) is 0.960. The van der Waals surface area contributed by atoms with Crippen molar-refractivity contribution in [1.29, 1.82) is 0 Å². The van der Waals surface area contributed by atoms with E-state index in [4.69, 9.17) is 0 Å². The smallest absolute Gasteiger partial charge is 0.272 e. The van der Waals surface area contributed by atoms with Gasteiger partial charge in [-0.25, -0.2) is 0 Å². The highest BCUT2D eigenvalue weighted by molar-refractivity contribution is 5.94. The minimum atomic E-state index is -0.443. The first-order valence-electron chi connectivity index (χ1n) is 7.04. The van der Waals surface area contributed by atoms with Crippen LogP contribution in [0.25, 0.3) is 0 Å². The van der Waals surface area contributed by atoms with E-state index < -0.39 is 4.92 Å². The number of amides is 1. The SMILES string of the molecule is Cc1cc(C(=O)NCCN2CCNCC2)ccc1[N+](=O)[O-].Cl. The van der Waals surface area contributed by atoms with Crippen LogP contribution in [-0.4, -0.2) is 55.0 Å². The Bertz CT molecular complexity index is 533. The van der Waals surface area contributed by atoms with Gasteiger partial charge in [-0.3, -0.25) is 19.8 Å². The number of piperazine rings is 1. The molecule has 0 saturated carbocycles. The summed E-state index contributed by atoms with van der Waals surface area (Å²) in [6.07, 6.45) is 0. The molecule has 1 aliphatic rings. The van der Waals surface area contributed by atoms with Crippen LogP contribution in [0.4, 0.5) is 5.69 Å². The first-order chi connectivity index (χ1) is 10.1. The monoisotopic (exact) mass is 328 g/mol. The molecule has 1 aliphatic heterocycles. The fourth-order valence-electron chi connectivity index (χ4n) is 2.37. The summed E-state index contributed by atoms with van der Waals surface area (Å²) in [5.74, 6) is -0.192. The van der Waals surface area contributed by atoms with E-state index in [9.17, 15) is 14.9 Å². The second kappa shape index (κ2) is 8.67. The lowest BCUT2D eigenvalue weighted by molar-refractivity contribution is -0.385. The van der Waals surface area contributed by atoms with Crippen LogP contribution >= 0.6 is 12.4 Å². The number of aryl methyl sites for hydroxylation is 1. The lowest BCUT2D eigenvalue weighted by Crippen LogP contribution is -2.46. The van der Waals surface area contributed by atoms with Crippen LogP contribution in [0.5, 0.6) is 0 Å². The van der Waals surface area contributed by atoms with Crippen molar-refractivity contribution in [1.82, 2.24) is 15.5 Å². The van der Waals surface area contributed by atoms with E-state index >= 15 is 0 Å². The molecule has 2 N–H and O–H groups in total. The number of carbonyl (C=O) groups is 1. The van der Waals surface area contributed by atoms with Crippen molar-refractivity contribution in [2.45, 2.75) is 6.92 Å². The van der Waals surface area contributed by atoms with E-state index in [1.165, 1.54) is 12.1 Å². The summed E-state index contributed by atoms with van der Waals surface area (Å²) in [5.41, 5.74) is 0.987. The van der Waals surface area contributed by atoms with E-state index in [2.05, 4.69) is 15.5 Å². The summed E-state index contributed by atoms with van der Waals surface area (Å²) >= 11 is 0. The minimum absolute atomic E-state index is 0. The number of nitrogens with zero attached hydrogens (tertiary/aromatic N) is 2. The van der Waals surface area contributed by atoms with E-state index in [1.807, 2.05) is 0 Å². The first-order valence-corrected chi connectivity index (χ1v) is 7.04. The van der Waals surface area contributed by atoms with Gasteiger partial charge < -0.3 is 10.6 Å². The second-order valence-electron chi connectivity index (χ2n) is 5.11. The third-order valence-electron chi connectivity index (χ3n) is 3.58. The van der Waals surface area contributed by atoms with Gasteiger partial charge in [0.1, 0.15) is 0 Å². The zero-order valence-corrected chi connectivity index (χ0v) is 13.3. The molecule has 1 aromatic carbocycles. The van der Waals surface area contributed by atoms with E-state index in [1.54, 1.807) is 13.0 Å². The van der Waals surface area contributed by atoms with Crippen molar-refractivity contribution in [2.75, 3.05) is 39.3 Å². The molecule has 1 heterocycles. The number of nitro groups is 1. The van der Waals surface area contributed by atoms with Crippen LogP contribution in [0.15, 0.2) is 18.2 Å². The molecular weight excluding hydrogens is 308 g/mol. The van der Waals surface area contributed by atoms with Gasteiger partial charge in [-0.05, 0) is 19.1 Å². The van der Waals surface area contributed by atoms with Crippen molar-refractivity contribution < 1.29 is 9.72 Å². The quantitative estimate of drug-likeness (QED) is 0.621. The van der Waals surface area contributed by atoms with Crippen LogP contribution in [0.2, 0.25) is 0 Å². The molecule has 0 atom stereocenters. The predicted molar refractivity (Wildman–Crippen MR) is 86.7 cm³/mol. The van der Waals surface area contributed by atoms with Crippen LogP contribution < -0.4 is 10.6 Å². The van der Waals surface area contributed by atoms with Crippen LogP contribution in [-0.2, 0) is 0 Å². The third kappa shape index (κ3) is 4.94. The highest BCUT2D eigenvalue weighted by atomic mass is 35.5. The number of nitrogens with one attached hydrogen (secondary N) is 2. The van der Waals surface area contributed by atoms with Crippen molar-refractivity contribution in [2.24, 2.45) is 0 Å². The molecule has 0 bridgehead atoms. The van der Waals surface area contributed by atoms with Gasteiger partial charge in [-0.2, -0.15) is 0 Å². The number of hydrogen-bond donors (Lipinski definition) is 2. The summed E-state index contributed by atoms with van der Waals surface area (Å²) in [6, 6.07) is 4.42. The molecule has 1 aromatic rings. The number of halogens is 1. The Morgan fingerprint density at radius 1 is 1.41 bits per heavy atom. The molecular formula is C14H21ClN4O3. The van der Waals surface area contributed by atoms with Crippen LogP contribution in [0, 0.1) is 17.0 Å². The van der Waals surface area contributed by atoms with Gasteiger partial charge in [-0.15, -0.1) is 12.4 Å². The summed E-state index contributed by atoms with van der Waals surface area (Å²) in [6.45, 7) is 6.98. The number of benzene rings is 1. The normalized spacial score (nSPS) is 15.0. The topological polar surface area (TPSA) is 87.5 Å². The Labute approximate surface area is 135 Å². The molecule has 0 radical (unpaired) electrons. The molecule has 0 unspecified atom stereocenters. The number of carbonyl (C=O) groups excluding carboxylic acids is 1. The van der Waals surface area contributed by atoms with Crippen molar-refractivity contribution in [3.63, 3.8) is 0 Å². The van der Waals surface area contributed by atoms with Crippen molar-refractivity contribution in [3.05, 3.63) is 39.4 Å². The minimum Gasteiger partial charge on any atom is -0.351 e. The molecule has 0 spiro atoms. The summed E-state index contributed by atoms with van der Waals surface area (Å²) in [4.78, 5) is 24.6. The van der Waals surface area contributed by atoms with E-state index in [-0.39, 0.29) is 24.0 Å². The third-order valence-corrected chi connectivity index (χ3v) is 3.58. The average molecular weight is 329 g/mol. The van der Waals surface area contributed by atoms with Crippen LogP contribution in [0.3, 0.4) is 0 Å². The summed E-state index contributed by atoms with van der Waals surface area (Å²) in [7, 11) is 0. The highest BCUT2D eigenvalue weighted by Crippen LogP contribution is 2.18. The maximum Gasteiger partial charge on any atom is 0.272 e. The van der Waals surface area contributed by atoms with Gasteiger partial charge in [0.2, 0.25) is 0 Å². The molecule has 1 fully saturated rings. The maximum atomic E-state index is 12.0. The van der Waals surface area contributed by atoms with E-state index in [0.29, 0.717) is 17.7 Å². The molecule has 122 valence electrons. The average Bonchev–Trinajstić information content (AvgIpc) is 2.47. The van der Waals surface area contributed by atoms with Gasteiger partial charge in [0.25, 0.3) is 11.6 Å². The number of nitro benzene ring substituents is 1. The molecule has 2 rings (SSSR count). The first kappa shape index (κ1) is 18.3. The van der Waals surface area contributed by atoms with Gasteiger partial charge in [0.05, 0.1) is 4.92 Å². The van der Waals surface area contributed by atoms with Gasteiger partial charge in [-0.1, -0.05) is 0 Å². The van der Waals surface area contributed by atoms with Gasteiger partial charge in [0.15, 0.2) is 0 Å². The van der Waals surface area contributed by atoms with Crippen LogP contribution in [0.1, 0.15) is 15.9 Å². The largest absolute Gasteiger partial charge is 0.351 e. The van der Waals surface area contributed by atoms with E-state index in [0.717, 1.165) is 32.7 Å². The lowest BCUT2D eigenvalue weighted by Gasteiger charge is -2.27. The van der Waals surface area contributed by atoms with Gasteiger partial charge in [0, 0.05) is 56.5 Å². The molecule has 22 heavy (non-hydrogen) atoms. The lowest BCUT2D eigenvalue weighted by atomic mass is 10.1. The Balaban J connectivity index is 0.00000242. The number of hydrogen-bond acceptors (Lipinski definition) is 5. The molecule has 0 aromatic heterocycles. The Kier molecular flexibility index (Phi) is 7.23. The highest BCUT2D eigenvalue weighted by Gasteiger charge is 2.14. The fraction of sp³-hybridized carbons (Fsp3) is 0.500.